The summed E-state index contributed by atoms with van der Waals surface area (Å²) in [4.78, 5) is 10.3. The molecule has 1 rings (SSSR count). The third-order valence-electron chi connectivity index (χ3n) is 2.18. The molecule has 100 valence electrons. The Hall–Kier alpha value is -1.15. The molecule has 0 saturated carbocycles. The third kappa shape index (κ3) is 3.42. The van der Waals surface area contributed by atoms with Crippen LogP contribution >= 0.6 is 11.6 Å². The Morgan fingerprint density at radius 3 is 2.61 bits per heavy atom. The maximum Gasteiger partial charge on any atom is 0.333 e. The summed E-state index contributed by atoms with van der Waals surface area (Å²) in [5.41, 5.74) is 0.430. The Morgan fingerprint density at radius 1 is 1.50 bits per heavy atom. The minimum atomic E-state index is -3.96. The van der Waals surface area contributed by atoms with Gasteiger partial charge in [-0.15, -0.1) is 0 Å². The first kappa shape index (κ1) is 14.9. The number of hydrogen-bond acceptors (Lipinski definition) is 4. The predicted molar refractivity (Wildman–Crippen MR) is 65.0 cm³/mol. The molecular formula is C10H12ClNO5S. The van der Waals surface area contributed by atoms with E-state index in [4.69, 9.17) is 21.8 Å². The van der Waals surface area contributed by atoms with E-state index in [0.717, 1.165) is 0 Å². The molecule has 18 heavy (non-hydrogen) atoms. The second kappa shape index (κ2) is 5.66. The Kier molecular flexibility index (Phi) is 4.69. The second-order valence-electron chi connectivity index (χ2n) is 3.59. The Morgan fingerprint density at radius 2 is 2.11 bits per heavy atom. The van der Waals surface area contributed by atoms with E-state index < -0.39 is 28.6 Å². The van der Waals surface area contributed by atoms with Crippen molar-refractivity contribution in [2.75, 3.05) is 6.54 Å². The Balaban J connectivity index is 2.98. The van der Waals surface area contributed by atoms with Gasteiger partial charge in [0, 0.05) is 6.54 Å². The summed E-state index contributed by atoms with van der Waals surface area (Å²) in [6.45, 7) is 0.941. The molecule has 0 aromatic heterocycles. The van der Waals surface area contributed by atoms with Gasteiger partial charge in [-0.1, -0.05) is 23.7 Å². The van der Waals surface area contributed by atoms with Gasteiger partial charge in [0.25, 0.3) is 0 Å². The van der Waals surface area contributed by atoms with E-state index in [-0.39, 0.29) is 9.92 Å². The summed E-state index contributed by atoms with van der Waals surface area (Å²) in [7, 11) is -3.96. The average Bonchev–Trinajstić information content (AvgIpc) is 2.25. The molecule has 1 aromatic rings. The summed E-state index contributed by atoms with van der Waals surface area (Å²) >= 11 is 5.79. The number of halogens is 1. The first-order valence-corrected chi connectivity index (χ1v) is 6.77. The number of rotatable bonds is 5. The van der Waals surface area contributed by atoms with Crippen molar-refractivity contribution in [3.05, 3.63) is 28.8 Å². The molecule has 0 amide bonds. The van der Waals surface area contributed by atoms with Crippen LogP contribution in [-0.2, 0) is 14.8 Å². The normalized spacial score (nSPS) is 13.3. The van der Waals surface area contributed by atoms with E-state index >= 15 is 0 Å². The Labute approximate surface area is 109 Å². The lowest BCUT2D eigenvalue weighted by Gasteiger charge is -2.12. The second-order valence-corrected chi connectivity index (χ2v) is 5.70. The zero-order valence-corrected chi connectivity index (χ0v) is 11.0. The number of nitrogens with one attached hydrogen (secondary N) is 1. The molecule has 0 fully saturated rings. The molecule has 3 N–H and O–H groups in total. The van der Waals surface area contributed by atoms with Crippen molar-refractivity contribution in [1.82, 2.24) is 4.72 Å². The lowest BCUT2D eigenvalue weighted by molar-refractivity contribution is -0.146. The molecule has 8 heteroatoms. The van der Waals surface area contributed by atoms with Crippen LogP contribution in [0.5, 0.6) is 0 Å². The third-order valence-corrected chi connectivity index (χ3v) is 4.24. The first-order chi connectivity index (χ1) is 8.25. The van der Waals surface area contributed by atoms with E-state index in [1.54, 1.807) is 19.1 Å². The van der Waals surface area contributed by atoms with Gasteiger partial charge in [-0.3, -0.25) is 0 Å². The van der Waals surface area contributed by atoms with E-state index in [9.17, 15) is 13.2 Å². The average molecular weight is 294 g/mol. The van der Waals surface area contributed by atoms with E-state index in [0.29, 0.717) is 5.56 Å². The fourth-order valence-electron chi connectivity index (χ4n) is 1.31. The smallest absolute Gasteiger partial charge is 0.333 e. The van der Waals surface area contributed by atoms with Crippen LogP contribution in [-0.4, -0.2) is 37.2 Å². The molecule has 0 unspecified atom stereocenters. The Bertz CT molecular complexity index is 537. The molecule has 1 aromatic carbocycles. The van der Waals surface area contributed by atoms with Crippen LogP contribution in [0.1, 0.15) is 5.56 Å². The van der Waals surface area contributed by atoms with Crippen LogP contribution in [0.25, 0.3) is 0 Å². The van der Waals surface area contributed by atoms with E-state index in [2.05, 4.69) is 0 Å². The highest BCUT2D eigenvalue weighted by atomic mass is 35.5. The van der Waals surface area contributed by atoms with Crippen LogP contribution in [0.4, 0.5) is 0 Å². The highest BCUT2D eigenvalue weighted by molar-refractivity contribution is 7.89. The maximum absolute atomic E-state index is 11.9. The first-order valence-electron chi connectivity index (χ1n) is 4.91. The van der Waals surface area contributed by atoms with Crippen molar-refractivity contribution in [1.29, 1.82) is 0 Å². The number of sulfonamides is 1. The van der Waals surface area contributed by atoms with Crippen molar-refractivity contribution in [3.8, 4) is 0 Å². The summed E-state index contributed by atoms with van der Waals surface area (Å²) in [5.74, 6) is -1.51. The largest absolute Gasteiger partial charge is 0.479 e. The van der Waals surface area contributed by atoms with Gasteiger partial charge in [-0.2, -0.15) is 0 Å². The quantitative estimate of drug-likeness (QED) is 0.728. The molecule has 0 aliphatic heterocycles. The van der Waals surface area contributed by atoms with Crippen LogP contribution in [0.2, 0.25) is 5.02 Å². The number of aliphatic hydroxyl groups excluding tert-OH is 1. The van der Waals surface area contributed by atoms with Crippen LogP contribution in [0.3, 0.4) is 0 Å². The SMILES string of the molecule is Cc1cccc(Cl)c1S(=O)(=O)NC[C@H](O)C(=O)O. The van der Waals surface area contributed by atoms with Gasteiger partial charge in [-0.05, 0) is 18.6 Å². The minimum absolute atomic E-state index is 0.0346. The van der Waals surface area contributed by atoms with Gasteiger partial charge in [0.2, 0.25) is 10.0 Å². The van der Waals surface area contributed by atoms with Crippen molar-refractivity contribution in [2.24, 2.45) is 0 Å². The van der Waals surface area contributed by atoms with Crippen LogP contribution < -0.4 is 4.72 Å². The topological polar surface area (TPSA) is 104 Å². The summed E-state index contributed by atoms with van der Waals surface area (Å²) < 4.78 is 25.8. The monoisotopic (exact) mass is 293 g/mol. The van der Waals surface area contributed by atoms with Crippen LogP contribution in [0, 0.1) is 6.92 Å². The van der Waals surface area contributed by atoms with Crippen molar-refractivity contribution < 1.29 is 23.4 Å². The lowest BCUT2D eigenvalue weighted by atomic mass is 10.2. The fourth-order valence-corrected chi connectivity index (χ4v) is 3.17. The molecule has 0 radical (unpaired) electrons. The molecule has 0 heterocycles. The maximum atomic E-state index is 11.9. The number of aliphatic hydroxyl groups is 1. The molecule has 0 bridgehead atoms. The summed E-state index contributed by atoms with van der Waals surface area (Å²) in [6, 6.07) is 4.58. The predicted octanol–water partition coefficient (Wildman–Crippen LogP) is 0.372. The number of carboxylic acids is 1. The zero-order chi connectivity index (χ0) is 13.9. The van der Waals surface area contributed by atoms with Crippen molar-refractivity contribution >= 4 is 27.6 Å². The van der Waals surface area contributed by atoms with Gasteiger partial charge < -0.3 is 10.2 Å². The van der Waals surface area contributed by atoms with E-state index in [1.807, 2.05) is 4.72 Å². The number of benzene rings is 1. The molecule has 6 nitrogen and oxygen atoms in total. The number of hydrogen-bond donors (Lipinski definition) is 3. The molecular weight excluding hydrogens is 282 g/mol. The highest BCUT2D eigenvalue weighted by Gasteiger charge is 2.23. The number of aliphatic carboxylic acids is 1. The van der Waals surface area contributed by atoms with Crippen molar-refractivity contribution in [3.63, 3.8) is 0 Å². The molecule has 0 saturated heterocycles. The number of carboxylic acid groups (broad SMARTS) is 1. The zero-order valence-electron chi connectivity index (χ0n) is 9.42. The summed E-state index contributed by atoms with van der Waals surface area (Å²) in [6.07, 6.45) is -1.80. The molecule has 0 aliphatic carbocycles. The van der Waals surface area contributed by atoms with Crippen LogP contribution in [0.15, 0.2) is 23.1 Å². The van der Waals surface area contributed by atoms with Gasteiger partial charge in [0.1, 0.15) is 4.90 Å². The number of carbonyl (C=O) groups is 1. The minimum Gasteiger partial charge on any atom is -0.479 e. The van der Waals surface area contributed by atoms with Gasteiger partial charge in [-0.25, -0.2) is 17.9 Å². The fraction of sp³-hybridized carbons (Fsp3) is 0.300. The lowest BCUT2D eigenvalue weighted by Crippen LogP contribution is -2.36. The van der Waals surface area contributed by atoms with Gasteiger partial charge in [0.05, 0.1) is 5.02 Å². The molecule has 0 aliphatic rings. The van der Waals surface area contributed by atoms with Gasteiger partial charge >= 0.3 is 5.97 Å². The molecule has 1 atom stereocenters. The molecule has 0 spiro atoms. The van der Waals surface area contributed by atoms with E-state index in [1.165, 1.54) is 6.07 Å². The summed E-state index contributed by atoms with van der Waals surface area (Å²) in [5, 5.41) is 17.5. The standard InChI is InChI=1S/C10H12ClNO5S/c1-6-3-2-4-7(11)9(6)18(16,17)12-5-8(13)10(14)15/h2-4,8,12-13H,5H2,1H3,(H,14,15)/t8-/m0/s1. The van der Waals surface area contributed by atoms with Gasteiger partial charge in [0.15, 0.2) is 6.10 Å². The van der Waals surface area contributed by atoms with Crippen molar-refractivity contribution in [2.45, 2.75) is 17.9 Å². The number of aryl methyl sites for hydroxylation is 1. The highest BCUT2D eigenvalue weighted by Crippen LogP contribution is 2.24.